The summed E-state index contributed by atoms with van der Waals surface area (Å²) in [5.74, 6) is 0. The molecule has 50 heavy (non-hydrogen) atoms. The van der Waals surface area contributed by atoms with E-state index in [1.165, 1.54) is 90.0 Å². The summed E-state index contributed by atoms with van der Waals surface area (Å²) in [5.41, 5.74) is 15.3. The van der Waals surface area contributed by atoms with Gasteiger partial charge in [-0.3, -0.25) is 30.7 Å². The molecule has 0 saturated heterocycles. The number of nitrogens with one attached hydrogen (secondary N) is 6. The van der Waals surface area contributed by atoms with Crippen LogP contribution in [0.4, 0.5) is 0 Å². The number of hydrogen-bond acceptors (Lipinski definition) is 24. The van der Waals surface area contributed by atoms with Crippen LogP contribution in [-0.4, -0.2) is 30.7 Å². The Morgan fingerprint density at radius 1 is 0.360 bits per heavy atom. The van der Waals surface area contributed by atoms with Crippen molar-refractivity contribution in [2.45, 2.75) is 75.7 Å². The minimum absolute atomic E-state index is 0. The number of nitrogens with zero attached hydrogens (tertiary/aromatic N) is 18. The van der Waals surface area contributed by atoms with Crippen LogP contribution in [0.3, 0.4) is 0 Å². The van der Waals surface area contributed by atoms with Crippen molar-refractivity contribution in [3.05, 3.63) is 40.0 Å². The summed E-state index contributed by atoms with van der Waals surface area (Å²) >= 11 is 19.7. The first-order valence-corrected chi connectivity index (χ1v) is 42.3. The topological polar surface area (TPSA) is 240 Å². The molecule has 6 rings (SSSR count). The van der Waals surface area contributed by atoms with Crippen LogP contribution in [0.25, 0.3) is 0 Å². The molecule has 0 aromatic carbocycles. The quantitative estimate of drug-likeness (QED) is 0.145. The van der Waals surface area contributed by atoms with Gasteiger partial charge in [0.15, 0.2) is 0 Å². The molecule has 0 aromatic heterocycles. The summed E-state index contributed by atoms with van der Waals surface area (Å²) < 4.78 is 0. The number of rotatable bonds is 3. The largest absolute Gasteiger partial charge is 0.314 e. The van der Waals surface area contributed by atoms with Crippen LogP contribution in [0.15, 0.2) is 62.0 Å². The molecule has 0 amide bonds. The van der Waals surface area contributed by atoms with E-state index in [4.69, 9.17) is 0 Å². The van der Waals surface area contributed by atoms with Gasteiger partial charge in [-0.25, -0.2) is 33.2 Å². The second-order valence-electron chi connectivity index (χ2n) is 6.91. The van der Waals surface area contributed by atoms with Crippen LogP contribution < -0.4 is 33.2 Å². The van der Waals surface area contributed by atoms with E-state index in [-0.39, 0.29) is 58.2 Å². The monoisotopic (exact) mass is 1640 g/mol. The molecular weight excluding hydrogens is 1610 g/mol. The van der Waals surface area contributed by atoms with Crippen molar-refractivity contribution >= 4 is 79.8 Å². The van der Waals surface area contributed by atoms with Gasteiger partial charge in [0.05, 0.1) is 0 Å². The summed E-state index contributed by atoms with van der Waals surface area (Å²) in [6, 6.07) is 0. The smallest absolute Gasteiger partial charge is 0.0953 e. The molecule has 24 nitrogen and oxygen atoms in total. The van der Waals surface area contributed by atoms with Gasteiger partial charge in [-0.05, 0) is 0 Å². The molecule has 6 N–H and O–H groups in total. The first-order chi connectivity index (χ1) is 23.4. The SMILES string of the molecule is C.C.CCC.CCC.CCC.[Br][Pt+2][Br].[Br][Pt+2][Br].[Br][Pt+2][Br].[CH-]1N=NNN1N1[CH-]N=NN1.[CH-]1N=NNN1N1[CH-]N=NN1.[CH-]1N=NNN1N1[CH-]N=NN1. The number of hydrogen-bond donors (Lipinski definition) is 6. The fraction of sp³-hybridized carbons (Fsp3) is 0.647. The molecule has 0 unspecified atom stereocenters. The van der Waals surface area contributed by atoms with E-state index in [1.807, 2.05) is 0 Å². The van der Waals surface area contributed by atoms with Gasteiger partial charge in [-0.15, -0.1) is 0 Å². The number of hydrazine groups is 9. The van der Waals surface area contributed by atoms with Gasteiger partial charge in [0.2, 0.25) is 0 Å². The van der Waals surface area contributed by atoms with E-state index < -0.39 is 0 Å². The minimum atomic E-state index is 0. The van der Waals surface area contributed by atoms with E-state index >= 15 is 0 Å². The van der Waals surface area contributed by atoms with E-state index in [1.54, 1.807) is 0 Å². The Hall–Kier alpha value is 0.325. The summed E-state index contributed by atoms with van der Waals surface area (Å²) in [7, 11) is 0. The number of halogens is 6. The second kappa shape index (κ2) is 49.3. The third-order valence-corrected chi connectivity index (χ3v) is 2.89. The Balaban J connectivity index is -0.000000162. The van der Waals surface area contributed by atoms with Crippen LogP contribution in [0, 0.1) is 40.0 Å². The zero-order chi connectivity index (χ0) is 36.7. The van der Waals surface area contributed by atoms with Gasteiger partial charge in [0.25, 0.3) is 0 Å². The zero-order valence-corrected chi connectivity index (χ0v) is 42.2. The Morgan fingerprint density at radius 2 is 0.460 bits per heavy atom. The maximum absolute atomic E-state index is 3.54. The molecule has 304 valence electrons. The van der Waals surface area contributed by atoms with E-state index in [0.717, 1.165) is 0 Å². The van der Waals surface area contributed by atoms with Crippen molar-refractivity contribution < 1.29 is 43.4 Å². The van der Waals surface area contributed by atoms with E-state index in [2.05, 4.69) is 217 Å². The van der Waals surface area contributed by atoms with Crippen LogP contribution >= 0.6 is 79.8 Å². The Bertz CT molecular complexity index is 638. The summed E-state index contributed by atoms with van der Waals surface area (Å²) in [5, 5.41) is 50.9. The Labute approximate surface area is 360 Å². The van der Waals surface area contributed by atoms with Crippen molar-refractivity contribution in [2.75, 3.05) is 0 Å². The summed E-state index contributed by atoms with van der Waals surface area (Å²) in [4.78, 5) is 0. The molecule has 0 saturated carbocycles. The Morgan fingerprint density at radius 3 is 0.520 bits per heavy atom. The predicted octanol–water partition coefficient (Wildman–Crippen LogP) is 9.13. The molecule has 6 aliphatic rings. The van der Waals surface area contributed by atoms with Crippen molar-refractivity contribution in [2.24, 2.45) is 62.0 Å². The average molecular weight is 1650 g/mol. The molecule has 6 heterocycles. The molecule has 0 radical (unpaired) electrons. The fourth-order valence-corrected chi connectivity index (χ4v) is 1.66. The van der Waals surface area contributed by atoms with Crippen molar-refractivity contribution in [1.29, 1.82) is 0 Å². The first kappa shape index (κ1) is 59.6. The molecule has 0 bridgehead atoms. The van der Waals surface area contributed by atoms with E-state index in [9.17, 15) is 0 Å². The third kappa shape index (κ3) is 36.7. The maximum atomic E-state index is 3.54. The molecule has 0 aliphatic carbocycles. The molecule has 0 fully saturated rings. The van der Waals surface area contributed by atoms with Gasteiger partial charge >= 0.3 is 123 Å². The average Bonchev–Trinajstić information content (AvgIpc) is 3.92. The Kier molecular flexibility index (Phi) is 58.8. The van der Waals surface area contributed by atoms with Gasteiger partial charge in [-0.2, -0.15) is 40.0 Å². The fourth-order valence-electron chi connectivity index (χ4n) is 1.66. The van der Waals surface area contributed by atoms with Gasteiger partial charge in [0, 0.05) is 0 Å². The van der Waals surface area contributed by atoms with Crippen molar-refractivity contribution in [3.8, 4) is 0 Å². The predicted molar refractivity (Wildman–Crippen MR) is 200 cm³/mol. The van der Waals surface area contributed by atoms with Gasteiger partial charge in [0.1, 0.15) is 0 Å². The van der Waals surface area contributed by atoms with Crippen molar-refractivity contribution in [3.63, 3.8) is 0 Å². The van der Waals surface area contributed by atoms with Gasteiger partial charge in [-0.1, -0.05) is 107 Å². The maximum Gasteiger partial charge on any atom is -0.0953 e. The molecule has 0 spiro atoms. The third-order valence-electron chi connectivity index (χ3n) is 2.89. The summed E-state index contributed by atoms with van der Waals surface area (Å²) in [6.45, 7) is 21.6. The van der Waals surface area contributed by atoms with Gasteiger partial charge < -0.3 is 30.7 Å². The second-order valence-corrected chi connectivity index (χ2v) is 36.7. The molecule has 0 aromatic rings. The molecule has 6 aliphatic heterocycles. The zero-order valence-electron chi connectivity index (χ0n) is 25.9. The molecular formula is C17H44Br6N24Pt3. The van der Waals surface area contributed by atoms with E-state index in [0.29, 0.717) is 0 Å². The van der Waals surface area contributed by atoms with Crippen LogP contribution in [0.2, 0.25) is 0 Å². The standard InChI is InChI=1S/3C3H8.3C2H4N8.2CH4.6BrH.3Pt/c3*1-3-2;3*1-3-5-7-9(1)10-2-4-6-8-10;;;;;;;;;;;/h3*3H2,1-2H3;3*1-2H,(H,3,7)(H,4,8);2*1H4;6*1H;;;/q;;;3*-2;;;;;;;;;3*+4/p-6. The van der Waals surface area contributed by atoms with Crippen LogP contribution in [-0.2, 0) is 43.4 Å². The minimum Gasteiger partial charge on any atom is -0.314 e. The van der Waals surface area contributed by atoms with Crippen LogP contribution in [0.1, 0.15) is 75.7 Å². The summed E-state index contributed by atoms with van der Waals surface area (Å²) in [6.07, 6.45) is 3.75. The molecule has 33 heteroatoms. The van der Waals surface area contributed by atoms with Crippen LogP contribution in [0.5, 0.6) is 0 Å². The normalized spacial score (nSPS) is 16.6. The molecule has 0 atom stereocenters. The van der Waals surface area contributed by atoms with Crippen molar-refractivity contribution in [1.82, 2.24) is 63.9 Å². The first-order valence-electron chi connectivity index (χ1n) is 12.5.